The molecule has 6 heteroatoms. The van der Waals surface area contributed by atoms with Crippen LogP contribution in [0.15, 0.2) is 22.7 Å². The molecule has 0 saturated heterocycles. The number of amides is 1. The van der Waals surface area contributed by atoms with Gasteiger partial charge in [0.25, 0.3) is 0 Å². The second-order valence-corrected chi connectivity index (χ2v) is 5.56. The van der Waals surface area contributed by atoms with E-state index in [1.807, 2.05) is 32.9 Å². The number of halogens is 1. The van der Waals surface area contributed by atoms with Crippen molar-refractivity contribution >= 4 is 33.2 Å². The maximum absolute atomic E-state index is 12.1. The van der Waals surface area contributed by atoms with Crippen LogP contribution < -0.4 is 11.1 Å². The van der Waals surface area contributed by atoms with Gasteiger partial charge in [0.2, 0.25) is 5.91 Å². The van der Waals surface area contributed by atoms with E-state index in [1.165, 1.54) is 0 Å². The highest BCUT2D eigenvalue weighted by Crippen LogP contribution is 2.21. The highest BCUT2D eigenvalue weighted by atomic mass is 79.9. The molecule has 106 valence electrons. The Hall–Kier alpha value is -1.82. The first-order valence-corrected chi connectivity index (χ1v) is 7.03. The molecule has 2 aromatic rings. The lowest BCUT2D eigenvalue weighted by Gasteiger charge is -2.10. The number of nitrogens with two attached hydrogens (primary N) is 1. The van der Waals surface area contributed by atoms with Gasteiger partial charge in [-0.25, -0.2) is 0 Å². The molecule has 1 amide bonds. The average molecular weight is 337 g/mol. The van der Waals surface area contributed by atoms with Gasteiger partial charge in [-0.15, -0.1) is 0 Å². The number of carbonyl (C=O) groups excluding carboxylic acids is 1. The molecule has 0 aliphatic rings. The number of rotatable bonds is 3. The number of hydrogen-bond acceptors (Lipinski definition) is 3. The summed E-state index contributed by atoms with van der Waals surface area (Å²) in [6.07, 6.45) is 0. The summed E-state index contributed by atoms with van der Waals surface area (Å²) in [5.41, 5.74) is 9.86. The fourth-order valence-corrected chi connectivity index (χ4v) is 2.21. The predicted octanol–water partition coefficient (Wildman–Crippen LogP) is 2.79. The zero-order chi connectivity index (χ0) is 14.9. The number of carbonyl (C=O) groups is 1. The quantitative estimate of drug-likeness (QED) is 0.846. The van der Waals surface area contributed by atoms with Crippen LogP contribution in [-0.2, 0) is 11.3 Å². The molecule has 3 N–H and O–H groups in total. The SMILES string of the molecule is Cc1ccc(N)cc1NC(=O)Cn1nc(C)c(Br)c1C. The number of benzene rings is 1. The molecular formula is C14H17BrN4O. The summed E-state index contributed by atoms with van der Waals surface area (Å²) in [6.45, 7) is 5.91. The van der Waals surface area contributed by atoms with Crippen LogP contribution in [0.4, 0.5) is 11.4 Å². The first kappa shape index (κ1) is 14.6. The van der Waals surface area contributed by atoms with E-state index < -0.39 is 0 Å². The monoisotopic (exact) mass is 336 g/mol. The predicted molar refractivity (Wildman–Crippen MR) is 83.6 cm³/mol. The standard InChI is InChI=1S/C14H17BrN4O/c1-8-4-5-11(16)6-12(8)17-13(20)7-19-10(3)14(15)9(2)18-19/h4-6H,7,16H2,1-3H3,(H,17,20). The van der Waals surface area contributed by atoms with Crippen LogP contribution in [0.25, 0.3) is 0 Å². The lowest BCUT2D eigenvalue weighted by atomic mass is 10.2. The Labute approximate surface area is 126 Å². The maximum Gasteiger partial charge on any atom is 0.246 e. The fraction of sp³-hybridized carbons (Fsp3) is 0.286. The second kappa shape index (κ2) is 5.66. The zero-order valence-corrected chi connectivity index (χ0v) is 13.3. The molecule has 1 aromatic carbocycles. The molecule has 1 heterocycles. The second-order valence-electron chi connectivity index (χ2n) is 4.76. The van der Waals surface area contributed by atoms with Crippen molar-refractivity contribution in [2.75, 3.05) is 11.1 Å². The molecular weight excluding hydrogens is 320 g/mol. The van der Waals surface area contributed by atoms with Crippen LogP contribution in [0.2, 0.25) is 0 Å². The highest BCUT2D eigenvalue weighted by Gasteiger charge is 2.12. The number of nitrogen functional groups attached to an aromatic ring is 1. The van der Waals surface area contributed by atoms with Gasteiger partial charge in [0.15, 0.2) is 0 Å². The van der Waals surface area contributed by atoms with E-state index in [0.717, 1.165) is 27.1 Å². The Morgan fingerprint density at radius 1 is 1.40 bits per heavy atom. The van der Waals surface area contributed by atoms with Gasteiger partial charge in [0.05, 0.1) is 15.9 Å². The van der Waals surface area contributed by atoms with Crippen molar-refractivity contribution in [3.8, 4) is 0 Å². The van der Waals surface area contributed by atoms with Gasteiger partial charge >= 0.3 is 0 Å². The summed E-state index contributed by atoms with van der Waals surface area (Å²) in [6, 6.07) is 5.44. The molecule has 2 rings (SSSR count). The number of anilines is 2. The van der Waals surface area contributed by atoms with Gasteiger partial charge < -0.3 is 11.1 Å². The molecule has 0 aliphatic carbocycles. The third-order valence-corrected chi connectivity index (χ3v) is 4.27. The molecule has 5 nitrogen and oxygen atoms in total. The van der Waals surface area contributed by atoms with Crippen molar-refractivity contribution in [1.29, 1.82) is 0 Å². The van der Waals surface area contributed by atoms with Gasteiger partial charge in [-0.1, -0.05) is 6.07 Å². The average Bonchev–Trinajstić information content (AvgIpc) is 2.61. The van der Waals surface area contributed by atoms with Crippen LogP contribution in [0.5, 0.6) is 0 Å². The minimum atomic E-state index is -0.128. The molecule has 0 fully saturated rings. The summed E-state index contributed by atoms with van der Waals surface area (Å²) in [5.74, 6) is -0.128. The minimum Gasteiger partial charge on any atom is -0.399 e. The summed E-state index contributed by atoms with van der Waals surface area (Å²) in [5, 5.41) is 7.18. The van der Waals surface area contributed by atoms with Crippen molar-refractivity contribution in [1.82, 2.24) is 9.78 Å². The minimum absolute atomic E-state index is 0.128. The van der Waals surface area contributed by atoms with Crippen molar-refractivity contribution in [2.24, 2.45) is 0 Å². The van der Waals surface area contributed by atoms with Crippen LogP contribution in [0.1, 0.15) is 17.0 Å². The molecule has 20 heavy (non-hydrogen) atoms. The van der Waals surface area contributed by atoms with Gasteiger partial charge in [0, 0.05) is 11.4 Å². The summed E-state index contributed by atoms with van der Waals surface area (Å²) < 4.78 is 2.61. The molecule has 0 bridgehead atoms. The third kappa shape index (κ3) is 3.01. The van der Waals surface area contributed by atoms with Crippen LogP contribution in [0, 0.1) is 20.8 Å². The number of hydrogen-bond donors (Lipinski definition) is 2. The third-order valence-electron chi connectivity index (χ3n) is 3.12. The lowest BCUT2D eigenvalue weighted by Crippen LogP contribution is -2.20. The van der Waals surface area contributed by atoms with E-state index >= 15 is 0 Å². The molecule has 0 radical (unpaired) electrons. The fourth-order valence-electron chi connectivity index (χ4n) is 1.93. The number of aromatic nitrogens is 2. The Balaban J connectivity index is 2.13. The summed E-state index contributed by atoms with van der Waals surface area (Å²) in [4.78, 5) is 12.1. The topological polar surface area (TPSA) is 72.9 Å². The largest absolute Gasteiger partial charge is 0.399 e. The highest BCUT2D eigenvalue weighted by molar-refractivity contribution is 9.10. The molecule has 1 aromatic heterocycles. The normalized spacial score (nSPS) is 10.6. The van der Waals surface area contributed by atoms with Crippen LogP contribution in [0.3, 0.4) is 0 Å². The van der Waals surface area contributed by atoms with Crippen LogP contribution in [-0.4, -0.2) is 15.7 Å². The Bertz CT molecular complexity index is 663. The zero-order valence-electron chi connectivity index (χ0n) is 11.7. The maximum atomic E-state index is 12.1. The van der Waals surface area contributed by atoms with E-state index in [-0.39, 0.29) is 12.5 Å². The van der Waals surface area contributed by atoms with E-state index in [1.54, 1.807) is 10.7 Å². The van der Waals surface area contributed by atoms with Crippen molar-refractivity contribution < 1.29 is 4.79 Å². The van der Waals surface area contributed by atoms with Gasteiger partial charge in [0.1, 0.15) is 6.54 Å². The number of aryl methyl sites for hydroxylation is 2. The van der Waals surface area contributed by atoms with Gasteiger partial charge in [-0.05, 0) is 54.4 Å². The molecule has 0 spiro atoms. The van der Waals surface area contributed by atoms with Gasteiger partial charge in [-0.3, -0.25) is 9.48 Å². The smallest absolute Gasteiger partial charge is 0.246 e. The summed E-state index contributed by atoms with van der Waals surface area (Å²) >= 11 is 3.45. The number of nitrogens with zero attached hydrogens (tertiary/aromatic N) is 2. The van der Waals surface area contributed by atoms with Crippen molar-refractivity contribution in [2.45, 2.75) is 27.3 Å². The van der Waals surface area contributed by atoms with E-state index in [0.29, 0.717) is 5.69 Å². The Morgan fingerprint density at radius 2 is 2.10 bits per heavy atom. The molecule has 0 saturated carbocycles. The van der Waals surface area contributed by atoms with E-state index in [9.17, 15) is 4.79 Å². The Kier molecular flexibility index (Phi) is 4.13. The van der Waals surface area contributed by atoms with E-state index in [4.69, 9.17) is 5.73 Å². The first-order chi connectivity index (χ1) is 9.38. The molecule has 0 atom stereocenters. The van der Waals surface area contributed by atoms with Gasteiger partial charge in [-0.2, -0.15) is 5.10 Å². The first-order valence-electron chi connectivity index (χ1n) is 6.24. The van der Waals surface area contributed by atoms with Crippen LogP contribution >= 0.6 is 15.9 Å². The summed E-state index contributed by atoms with van der Waals surface area (Å²) in [7, 11) is 0. The number of nitrogens with one attached hydrogen (secondary N) is 1. The molecule has 0 aliphatic heterocycles. The van der Waals surface area contributed by atoms with Crippen molar-refractivity contribution in [3.05, 3.63) is 39.6 Å². The van der Waals surface area contributed by atoms with E-state index in [2.05, 4.69) is 26.3 Å². The Morgan fingerprint density at radius 3 is 2.70 bits per heavy atom. The lowest BCUT2D eigenvalue weighted by molar-refractivity contribution is -0.116. The van der Waals surface area contributed by atoms with Crippen molar-refractivity contribution in [3.63, 3.8) is 0 Å². The molecule has 0 unspecified atom stereocenters.